The minimum atomic E-state index is -4.64. The van der Waals surface area contributed by atoms with Crippen LogP contribution in [0.15, 0.2) is 18.3 Å². The van der Waals surface area contributed by atoms with E-state index in [0.29, 0.717) is 30.9 Å². The molecule has 0 saturated carbocycles. The minimum absolute atomic E-state index is 0.115. The molecular weight excluding hydrogens is 421 g/mol. The fourth-order valence-corrected chi connectivity index (χ4v) is 4.19. The molecule has 0 atom stereocenters. The van der Waals surface area contributed by atoms with Gasteiger partial charge in [0.05, 0.1) is 17.6 Å². The maximum Gasteiger partial charge on any atom is 0.453 e. The number of hydrogen-bond acceptors (Lipinski definition) is 6. The van der Waals surface area contributed by atoms with Gasteiger partial charge in [-0.1, -0.05) is 0 Å². The summed E-state index contributed by atoms with van der Waals surface area (Å²) in [7, 11) is 0. The highest BCUT2D eigenvalue weighted by molar-refractivity contribution is 5.60. The Kier molecular flexibility index (Phi) is 4.47. The van der Waals surface area contributed by atoms with Gasteiger partial charge in [0, 0.05) is 42.0 Å². The molecular formula is C21H21F3N8. The van der Waals surface area contributed by atoms with Gasteiger partial charge in [-0.2, -0.15) is 22.8 Å². The molecule has 1 aliphatic heterocycles. The summed E-state index contributed by atoms with van der Waals surface area (Å²) in [5, 5.41) is 15.9. The third-order valence-corrected chi connectivity index (χ3v) is 5.90. The van der Waals surface area contributed by atoms with Gasteiger partial charge in [-0.3, -0.25) is 4.98 Å². The Bertz CT molecular complexity index is 1350. The van der Waals surface area contributed by atoms with Gasteiger partial charge in [-0.05, 0) is 45.4 Å². The number of pyridine rings is 1. The Labute approximate surface area is 181 Å². The highest BCUT2D eigenvalue weighted by Crippen LogP contribution is 2.32. The van der Waals surface area contributed by atoms with Crippen LogP contribution >= 0.6 is 0 Å². The van der Waals surface area contributed by atoms with Crippen molar-refractivity contribution in [1.29, 1.82) is 0 Å². The molecule has 0 bridgehead atoms. The highest BCUT2D eigenvalue weighted by atomic mass is 19.4. The van der Waals surface area contributed by atoms with E-state index in [4.69, 9.17) is 0 Å². The quantitative estimate of drug-likeness (QED) is 0.473. The van der Waals surface area contributed by atoms with Crippen LogP contribution in [0.3, 0.4) is 0 Å². The molecule has 11 heteroatoms. The molecule has 8 nitrogen and oxygen atoms in total. The van der Waals surface area contributed by atoms with E-state index in [1.54, 1.807) is 13.1 Å². The summed E-state index contributed by atoms with van der Waals surface area (Å²) in [4.78, 5) is 6.60. The molecule has 0 aliphatic carbocycles. The van der Waals surface area contributed by atoms with Gasteiger partial charge in [0.1, 0.15) is 0 Å². The van der Waals surface area contributed by atoms with Crippen LogP contribution in [-0.4, -0.2) is 41.1 Å². The van der Waals surface area contributed by atoms with Gasteiger partial charge in [-0.15, -0.1) is 15.3 Å². The first-order valence-electron chi connectivity index (χ1n) is 10.2. The highest BCUT2D eigenvalue weighted by Gasteiger charge is 2.38. The number of rotatable bonds is 2. The summed E-state index contributed by atoms with van der Waals surface area (Å²) in [6, 6.07) is 4.03. The van der Waals surface area contributed by atoms with Crippen molar-refractivity contribution < 1.29 is 13.2 Å². The van der Waals surface area contributed by atoms with E-state index in [9.17, 15) is 13.2 Å². The van der Waals surface area contributed by atoms with E-state index in [-0.39, 0.29) is 5.65 Å². The standard InChI is InChI=1S/C21H21F3N8/c1-11-7-12(2)31(28-11)16-8-15-10-30(6-5-17(15)25-9-16)19-14(4)13(3)18-26-27-20(21(22,23)24)32(18)29-19/h7-9H,5-6,10H2,1-4H3. The normalized spacial score (nSPS) is 14.3. The Balaban J connectivity index is 1.56. The first kappa shape index (κ1) is 20.4. The predicted molar refractivity (Wildman–Crippen MR) is 111 cm³/mol. The van der Waals surface area contributed by atoms with Gasteiger partial charge in [0.25, 0.3) is 5.82 Å². The SMILES string of the molecule is Cc1cc(C)n(-c2cnc3c(c2)CN(c2nn4c(C(F)(F)F)nnc4c(C)c2C)CC3)n1. The summed E-state index contributed by atoms with van der Waals surface area (Å²) in [6.45, 7) is 8.59. The number of aryl methyl sites for hydroxylation is 3. The van der Waals surface area contributed by atoms with E-state index < -0.39 is 12.0 Å². The van der Waals surface area contributed by atoms with Gasteiger partial charge in [0.2, 0.25) is 0 Å². The molecule has 166 valence electrons. The summed E-state index contributed by atoms with van der Waals surface area (Å²) in [5.41, 5.74) is 6.27. The van der Waals surface area contributed by atoms with Crippen LogP contribution in [0.2, 0.25) is 0 Å². The van der Waals surface area contributed by atoms with Crippen molar-refractivity contribution in [3.63, 3.8) is 0 Å². The monoisotopic (exact) mass is 442 g/mol. The van der Waals surface area contributed by atoms with Crippen LogP contribution in [-0.2, 0) is 19.1 Å². The second-order valence-electron chi connectivity index (χ2n) is 8.14. The zero-order chi connectivity index (χ0) is 22.8. The molecule has 4 aromatic heterocycles. The van der Waals surface area contributed by atoms with Crippen molar-refractivity contribution in [3.05, 3.63) is 57.9 Å². The Morgan fingerprint density at radius 1 is 0.969 bits per heavy atom. The van der Waals surface area contributed by atoms with Crippen LogP contribution in [0, 0.1) is 27.7 Å². The lowest BCUT2D eigenvalue weighted by molar-refractivity contribution is -0.146. The van der Waals surface area contributed by atoms with E-state index in [1.807, 2.05) is 42.5 Å². The molecule has 1 aliphatic rings. The van der Waals surface area contributed by atoms with Gasteiger partial charge < -0.3 is 4.90 Å². The van der Waals surface area contributed by atoms with Crippen molar-refractivity contribution in [3.8, 4) is 5.69 Å². The second kappa shape index (κ2) is 7.01. The van der Waals surface area contributed by atoms with Crippen molar-refractivity contribution in [1.82, 2.24) is 34.6 Å². The fraction of sp³-hybridized carbons (Fsp3) is 0.381. The molecule has 0 unspecified atom stereocenters. The second-order valence-corrected chi connectivity index (χ2v) is 8.14. The molecule has 0 fully saturated rings. The van der Waals surface area contributed by atoms with Crippen LogP contribution in [0.1, 0.15) is 39.6 Å². The number of halogens is 3. The Morgan fingerprint density at radius 2 is 1.75 bits per heavy atom. The van der Waals surface area contributed by atoms with Crippen molar-refractivity contribution in [2.75, 3.05) is 11.4 Å². The molecule has 0 radical (unpaired) electrons. The van der Waals surface area contributed by atoms with E-state index >= 15 is 0 Å². The van der Waals surface area contributed by atoms with Crippen LogP contribution in [0.4, 0.5) is 19.0 Å². The zero-order valence-electron chi connectivity index (χ0n) is 18.1. The largest absolute Gasteiger partial charge is 0.453 e. The predicted octanol–water partition coefficient (Wildman–Crippen LogP) is 3.52. The molecule has 0 N–H and O–H groups in total. The summed E-state index contributed by atoms with van der Waals surface area (Å²) in [5.74, 6) is -0.634. The molecule has 5 heterocycles. The van der Waals surface area contributed by atoms with E-state index in [2.05, 4.69) is 25.4 Å². The first-order valence-corrected chi connectivity index (χ1v) is 10.2. The summed E-state index contributed by atoms with van der Waals surface area (Å²) < 4.78 is 42.8. The van der Waals surface area contributed by atoms with Crippen LogP contribution < -0.4 is 4.90 Å². The van der Waals surface area contributed by atoms with Gasteiger partial charge in [0.15, 0.2) is 11.5 Å². The smallest absolute Gasteiger partial charge is 0.350 e. The van der Waals surface area contributed by atoms with Crippen molar-refractivity contribution >= 4 is 11.5 Å². The van der Waals surface area contributed by atoms with Crippen LogP contribution in [0.25, 0.3) is 11.3 Å². The molecule has 4 aromatic rings. The summed E-state index contributed by atoms with van der Waals surface area (Å²) >= 11 is 0. The lowest BCUT2D eigenvalue weighted by atomic mass is 10.0. The molecule has 0 saturated heterocycles. The Hall–Kier alpha value is -3.50. The molecule has 32 heavy (non-hydrogen) atoms. The number of aromatic nitrogens is 7. The maximum atomic E-state index is 13.4. The minimum Gasteiger partial charge on any atom is -0.350 e. The molecule has 0 spiro atoms. The maximum absolute atomic E-state index is 13.4. The van der Waals surface area contributed by atoms with Crippen molar-refractivity contribution in [2.24, 2.45) is 0 Å². The average molecular weight is 442 g/mol. The molecule has 0 amide bonds. The third kappa shape index (κ3) is 3.19. The van der Waals surface area contributed by atoms with Gasteiger partial charge >= 0.3 is 6.18 Å². The van der Waals surface area contributed by atoms with Gasteiger partial charge in [-0.25, -0.2) is 4.68 Å². The summed E-state index contributed by atoms with van der Waals surface area (Å²) in [6.07, 6.45) is -2.17. The number of fused-ring (bicyclic) bond motifs is 2. The third-order valence-electron chi connectivity index (χ3n) is 5.90. The fourth-order valence-electron chi connectivity index (χ4n) is 4.19. The van der Waals surface area contributed by atoms with Crippen molar-refractivity contribution in [2.45, 2.75) is 46.8 Å². The number of nitrogens with zero attached hydrogens (tertiary/aromatic N) is 8. The van der Waals surface area contributed by atoms with Crippen LogP contribution in [0.5, 0.6) is 0 Å². The number of anilines is 1. The number of alkyl halides is 3. The molecule has 5 rings (SSSR count). The lowest BCUT2D eigenvalue weighted by Crippen LogP contribution is -2.33. The lowest BCUT2D eigenvalue weighted by Gasteiger charge is -2.31. The average Bonchev–Trinajstić information content (AvgIpc) is 3.32. The topological polar surface area (TPSA) is 77.0 Å². The van der Waals surface area contributed by atoms with E-state index in [1.165, 1.54) is 0 Å². The zero-order valence-corrected chi connectivity index (χ0v) is 18.1. The Morgan fingerprint density at radius 3 is 2.44 bits per heavy atom. The first-order chi connectivity index (χ1) is 15.1. The molecule has 0 aromatic carbocycles. The van der Waals surface area contributed by atoms with E-state index in [0.717, 1.165) is 38.4 Å². The number of hydrogen-bond donors (Lipinski definition) is 0.